The Kier molecular flexibility index (Phi) is 7.23. The third kappa shape index (κ3) is 5.80. The highest BCUT2D eigenvalue weighted by Gasteiger charge is 2.33. The van der Waals surface area contributed by atoms with Gasteiger partial charge in [0, 0.05) is 45.8 Å². The molecule has 1 saturated carbocycles. The molecular formula is C27H25Cl2F3N4O. The lowest BCUT2D eigenvalue weighted by atomic mass is 9.86. The monoisotopic (exact) mass is 548 g/mol. The van der Waals surface area contributed by atoms with Gasteiger partial charge in [-0.25, -0.2) is 4.98 Å². The molecule has 0 bridgehead atoms. The second-order valence-electron chi connectivity index (χ2n) is 9.53. The molecular weight excluding hydrogens is 524 g/mol. The van der Waals surface area contributed by atoms with E-state index in [-0.39, 0.29) is 29.8 Å². The molecule has 4 aromatic rings. The quantitative estimate of drug-likeness (QED) is 0.235. The fourth-order valence-electron chi connectivity index (χ4n) is 5.05. The Balaban J connectivity index is 1.17. The Hall–Kier alpha value is -2.97. The van der Waals surface area contributed by atoms with Crippen LogP contribution in [0.4, 0.5) is 18.9 Å². The summed E-state index contributed by atoms with van der Waals surface area (Å²) in [6, 6.07) is 11.4. The molecule has 0 spiro atoms. The van der Waals surface area contributed by atoms with Crippen LogP contribution in [-0.4, -0.2) is 28.5 Å². The number of pyridine rings is 1. The second kappa shape index (κ2) is 10.4. The zero-order valence-electron chi connectivity index (χ0n) is 19.8. The maximum Gasteiger partial charge on any atom is 0.433 e. The highest BCUT2D eigenvalue weighted by Crippen LogP contribution is 2.35. The van der Waals surface area contributed by atoms with Gasteiger partial charge in [0.2, 0.25) is 5.91 Å². The smallest absolute Gasteiger partial charge is 0.384 e. The highest BCUT2D eigenvalue weighted by atomic mass is 35.5. The predicted molar refractivity (Wildman–Crippen MR) is 141 cm³/mol. The largest absolute Gasteiger partial charge is 0.433 e. The van der Waals surface area contributed by atoms with E-state index in [0.717, 1.165) is 48.2 Å². The standard InChI is InChI=1S/C27H25Cl2F3N4O/c28-17-6-9-21-19(11-17)23(12-24(36-21)27(30,31)32)33-13-15-4-7-18(8-5-15)35-25(37)10-16-14-34-22-3-1-2-20(29)26(16)22/h1-3,6,9,11-12,14-15,18,34H,4-5,7-8,10,13H2,(H,33,36)(H,35,37)/t15-,18+. The molecule has 1 aliphatic carbocycles. The first kappa shape index (κ1) is 25.7. The number of nitrogens with zero attached hydrogens (tertiary/aromatic N) is 1. The first-order valence-electron chi connectivity index (χ1n) is 12.1. The molecule has 0 saturated heterocycles. The van der Waals surface area contributed by atoms with Crippen LogP contribution < -0.4 is 10.6 Å². The summed E-state index contributed by atoms with van der Waals surface area (Å²) in [7, 11) is 0. The van der Waals surface area contributed by atoms with Crippen molar-refractivity contribution in [3.8, 4) is 0 Å². The number of hydrogen-bond acceptors (Lipinski definition) is 3. The third-order valence-corrected chi connectivity index (χ3v) is 7.49. The van der Waals surface area contributed by atoms with Gasteiger partial charge in [-0.3, -0.25) is 4.79 Å². The highest BCUT2D eigenvalue weighted by molar-refractivity contribution is 6.35. The number of halogens is 5. The Morgan fingerprint density at radius 3 is 2.62 bits per heavy atom. The molecule has 0 radical (unpaired) electrons. The van der Waals surface area contributed by atoms with Gasteiger partial charge in [0.25, 0.3) is 0 Å². The molecule has 1 aliphatic rings. The van der Waals surface area contributed by atoms with Crippen LogP contribution in [0.15, 0.2) is 48.7 Å². The number of H-pyrrole nitrogens is 1. The van der Waals surface area contributed by atoms with Gasteiger partial charge < -0.3 is 15.6 Å². The number of benzene rings is 2. The van der Waals surface area contributed by atoms with Gasteiger partial charge in [-0.1, -0.05) is 29.3 Å². The number of rotatable bonds is 6. The van der Waals surface area contributed by atoms with E-state index in [1.165, 1.54) is 12.1 Å². The molecule has 1 amide bonds. The van der Waals surface area contributed by atoms with Crippen molar-refractivity contribution in [2.24, 2.45) is 5.92 Å². The summed E-state index contributed by atoms with van der Waals surface area (Å²) in [5.74, 6) is 0.222. The Labute approximate surface area is 221 Å². The van der Waals surface area contributed by atoms with E-state index in [1.807, 2.05) is 24.4 Å². The number of nitrogens with one attached hydrogen (secondary N) is 3. The van der Waals surface area contributed by atoms with Crippen molar-refractivity contribution in [3.05, 3.63) is 70.0 Å². The first-order chi connectivity index (χ1) is 17.7. The van der Waals surface area contributed by atoms with Crippen molar-refractivity contribution in [2.45, 2.75) is 44.3 Å². The predicted octanol–water partition coefficient (Wildman–Crippen LogP) is 7.37. The molecule has 5 nitrogen and oxygen atoms in total. The molecule has 37 heavy (non-hydrogen) atoms. The molecule has 2 aromatic heterocycles. The van der Waals surface area contributed by atoms with Crippen LogP contribution in [-0.2, 0) is 17.4 Å². The Morgan fingerprint density at radius 1 is 1.08 bits per heavy atom. The topological polar surface area (TPSA) is 69.8 Å². The summed E-state index contributed by atoms with van der Waals surface area (Å²) >= 11 is 12.4. The van der Waals surface area contributed by atoms with Gasteiger partial charge in [-0.15, -0.1) is 0 Å². The van der Waals surface area contributed by atoms with Crippen LogP contribution in [0.5, 0.6) is 0 Å². The number of carbonyl (C=O) groups is 1. The van der Waals surface area contributed by atoms with Crippen molar-refractivity contribution in [3.63, 3.8) is 0 Å². The average Bonchev–Trinajstić information content (AvgIpc) is 3.26. The van der Waals surface area contributed by atoms with Crippen molar-refractivity contribution in [1.29, 1.82) is 0 Å². The number of carbonyl (C=O) groups excluding carboxylic acids is 1. The molecule has 5 rings (SSSR count). The maximum absolute atomic E-state index is 13.4. The average molecular weight is 549 g/mol. The Morgan fingerprint density at radius 2 is 1.86 bits per heavy atom. The lowest BCUT2D eigenvalue weighted by molar-refractivity contribution is -0.140. The molecule has 10 heteroatoms. The van der Waals surface area contributed by atoms with Gasteiger partial charge in [-0.05, 0) is 73.6 Å². The minimum absolute atomic E-state index is 0.0535. The number of aromatic nitrogens is 2. The maximum atomic E-state index is 13.4. The fraction of sp³-hybridized carbons (Fsp3) is 0.333. The number of fused-ring (bicyclic) bond motifs is 2. The van der Waals surface area contributed by atoms with Crippen LogP contribution >= 0.6 is 23.2 Å². The molecule has 1 fully saturated rings. The van der Waals surface area contributed by atoms with Crippen LogP contribution in [0.25, 0.3) is 21.8 Å². The SMILES string of the molecule is O=C(Cc1c[nH]c2cccc(Cl)c12)N[C@H]1CC[C@@H](CNc2cc(C(F)(F)F)nc3ccc(Cl)cc23)CC1. The molecule has 0 atom stereocenters. The molecule has 194 valence electrons. The van der Waals surface area contributed by atoms with Gasteiger partial charge in [-0.2, -0.15) is 13.2 Å². The second-order valence-corrected chi connectivity index (χ2v) is 10.4. The summed E-state index contributed by atoms with van der Waals surface area (Å²) in [5, 5.41) is 8.80. The number of hydrogen-bond donors (Lipinski definition) is 3. The van der Waals surface area contributed by atoms with Crippen LogP contribution in [0.2, 0.25) is 10.0 Å². The zero-order valence-corrected chi connectivity index (χ0v) is 21.3. The van der Waals surface area contributed by atoms with Gasteiger partial charge in [0.1, 0.15) is 5.69 Å². The third-order valence-electron chi connectivity index (χ3n) is 6.94. The zero-order chi connectivity index (χ0) is 26.2. The summed E-state index contributed by atoms with van der Waals surface area (Å²) in [5.41, 5.74) is 1.43. The van der Waals surface area contributed by atoms with E-state index < -0.39 is 11.9 Å². The van der Waals surface area contributed by atoms with Crippen LogP contribution in [0.1, 0.15) is 36.9 Å². The number of aromatic amines is 1. The van der Waals surface area contributed by atoms with Crippen molar-refractivity contribution < 1.29 is 18.0 Å². The lowest BCUT2D eigenvalue weighted by Gasteiger charge is -2.29. The summed E-state index contributed by atoms with van der Waals surface area (Å²) in [6.07, 6.45) is 0.842. The van der Waals surface area contributed by atoms with Crippen molar-refractivity contribution in [2.75, 3.05) is 11.9 Å². The number of amides is 1. The van der Waals surface area contributed by atoms with Crippen molar-refractivity contribution >= 4 is 56.6 Å². The molecule has 2 aromatic carbocycles. The fourth-order valence-corrected chi connectivity index (χ4v) is 5.52. The minimum atomic E-state index is -4.54. The van der Waals surface area contributed by atoms with E-state index in [0.29, 0.717) is 27.7 Å². The molecule has 2 heterocycles. The molecule has 3 N–H and O–H groups in total. The Bertz CT molecular complexity index is 1450. The van der Waals surface area contributed by atoms with Crippen LogP contribution in [0, 0.1) is 5.92 Å². The number of anilines is 1. The lowest BCUT2D eigenvalue weighted by Crippen LogP contribution is -2.39. The molecule has 0 aliphatic heterocycles. The van der Waals surface area contributed by atoms with E-state index in [9.17, 15) is 18.0 Å². The van der Waals surface area contributed by atoms with Crippen LogP contribution in [0.3, 0.4) is 0 Å². The summed E-state index contributed by atoms with van der Waals surface area (Å²) in [6.45, 7) is 0.525. The first-order valence-corrected chi connectivity index (χ1v) is 12.9. The van der Waals surface area contributed by atoms with Gasteiger partial charge in [0.15, 0.2) is 0 Å². The van der Waals surface area contributed by atoms with E-state index in [2.05, 4.69) is 20.6 Å². The van der Waals surface area contributed by atoms with E-state index >= 15 is 0 Å². The molecule has 0 unspecified atom stereocenters. The normalized spacial score (nSPS) is 18.3. The summed E-state index contributed by atoms with van der Waals surface area (Å²) in [4.78, 5) is 19.6. The van der Waals surface area contributed by atoms with Crippen molar-refractivity contribution in [1.82, 2.24) is 15.3 Å². The summed E-state index contributed by atoms with van der Waals surface area (Å²) < 4.78 is 40.1. The minimum Gasteiger partial charge on any atom is -0.384 e. The van der Waals surface area contributed by atoms with Gasteiger partial charge >= 0.3 is 6.18 Å². The van der Waals surface area contributed by atoms with E-state index in [1.54, 1.807) is 6.07 Å². The number of alkyl halides is 3. The van der Waals surface area contributed by atoms with Gasteiger partial charge in [0.05, 0.1) is 17.0 Å². The van der Waals surface area contributed by atoms with E-state index in [4.69, 9.17) is 23.2 Å².